The smallest absolute Gasteiger partial charge is 0.234 e. The second-order valence-electron chi connectivity index (χ2n) is 3.73. The van der Waals surface area contributed by atoms with E-state index in [1.54, 1.807) is 6.92 Å². The Labute approximate surface area is 110 Å². The van der Waals surface area contributed by atoms with Crippen LogP contribution in [-0.2, 0) is 4.79 Å². The topological polar surface area (TPSA) is 64.3 Å². The van der Waals surface area contributed by atoms with E-state index in [4.69, 9.17) is 22.7 Å². The van der Waals surface area contributed by atoms with Crippen LogP contribution in [0.25, 0.3) is 0 Å². The van der Waals surface area contributed by atoms with Crippen molar-refractivity contribution in [3.05, 3.63) is 24.0 Å². The van der Waals surface area contributed by atoms with Gasteiger partial charge in [0.05, 0.1) is 18.0 Å². The van der Waals surface area contributed by atoms with Gasteiger partial charge in [0, 0.05) is 17.8 Å². The SMILES string of the molecule is CCC(C(=O)Nc1cc(F)cc(OC)c1)C(N)=S. The van der Waals surface area contributed by atoms with Crippen molar-refractivity contribution in [1.82, 2.24) is 0 Å². The number of ether oxygens (including phenoxy) is 1. The Balaban J connectivity index is 2.87. The predicted molar refractivity (Wildman–Crippen MR) is 72.1 cm³/mol. The molecule has 0 bridgehead atoms. The highest BCUT2D eigenvalue weighted by atomic mass is 32.1. The Bertz CT molecular complexity index is 465. The van der Waals surface area contributed by atoms with E-state index in [2.05, 4.69) is 5.32 Å². The van der Waals surface area contributed by atoms with E-state index in [1.807, 2.05) is 0 Å². The van der Waals surface area contributed by atoms with Gasteiger partial charge in [-0.2, -0.15) is 0 Å². The van der Waals surface area contributed by atoms with Gasteiger partial charge >= 0.3 is 0 Å². The third kappa shape index (κ3) is 3.66. The molecule has 0 radical (unpaired) electrons. The summed E-state index contributed by atoms with van der Waals surface area (Å²) in [5.41, 5.74) is 5.77. The van der Waals surface area contributed by atoms with Crippen molar-refractivity contribution in [2.75, 3.05) is 12.4 Å². The summed E-state index contributed by atoms with van der Waals surface area (Å²) in [4.78, 5) is 12.0. The van der Waals surface area contributed by atoms with Crippen LogP contribution < -0.4 is 15.8 Å². The minimum Gasteiger partial charge on any atom is -0.497 e. The van der Waals surface area contributed by atoms with E-state index in [0.29, 0.717) is 17.9 Å². The number of benzene rings is 1. The lowest BCUT2D eigenvalue weighted by Gasteiger charge is -2.14. The second-order valence-corrected chi connectivity index (χ2v) is 4.20. The highest BCUT2D eigenvalue weighted by Crippen LogP contribution is 2.20. The number of hydrogen-bond acceptors (Lipinski definition) is 3. The Morgan fingerprint density at radius 1 is 1.56 bits per heavy atom. The fourth-order valence-corrected chi connectivity index (χ4v) is 1.77. The van der Waals surface area contributed by atoms with Crippen molar-refractivity contribution >= 4 is 28.8 Å². The van der Waals surface area contributed by atoms with E-state index in [9.17, 15) is 9.18 Å². The van der Waals surface area contributed by atoms with Gasteiger partial charge in [0.25, 0.3) is 0 Å². The van der Waals surface area contributed by atoms with Crippen molar-refractivity contribution in [3.8, 4) is 5.75 Å². The van der Waals surface area contributed by atoms with Gasteiger partial charge in [-0.25, -0.2) is 4.39 Å². The molecule has 0 aliphatic heterocycles. The Morgan fingerprint density at radius 2 is 2.22 bits per heavy atom. The monoisotopic (exact) mass is 270 g/mol. The van der Waals surface area contributed by atoms with E-state index >= 15 is 0 Å². The van der Waals surface area contributed by atoms with Crippen LogP contribution >= 0.6 is 12.2 Å². The zero-order valence-corrected chi connectivity index (χ0v) is 11.0. The summed E-state index contributed by atoms with van der Waals surface area (Å²) in [6.45, 7) is 1.80. The number of hydrogen-bond donors (Lipinski definition) is 2. The Kier molecular flexibility index (Phi) is 5.03. The molecule has 0 aliphatic carbocycles. The van der Waals surface area contributed by atoms with E-state index < -0.39 is 11.7 Å². The fraction of sp³-hybridized carbons (Fsp3) is 0.333. The molecular weight excluding hydrogens is 255 g/mol. The minimum absolute atomic E-state index is 0.123. The predicted octanol–water partition coefficient (Wildman–Crippen LogP) is 2.09. The molecule has 1 rings (SSSR count). The zero-order valence-electron chi connectivity index (χ0n) is 10.2. The van der Waals surface area contributed by atoms with Crippen molar-refractivity contribution in [2.45, 2.75) is 13.3 Å². The van der Waals surface area contributed by atoms with Crippen LogP contribution in [-0.4, -0.2) is 18.0 Å². The summed E-state index contributed by atoms with van der Waals surface area (Å²) >= 11 is 4.80. The first-order valence-electron chi connectivity index (χ1n) is 5.42. The lowest BCUT2D eigenvalue weighted by atomic mass is 10.1. The number of carbonyl (C=O) groups excluding carboxylic acids is 1. The number of nitrogens with two attached hydrogens (primary N) is 1. The standard InChI is InChI=1S/C12H15FN2O2S/c1-3-10(11(14)18)12(16)15-8-4-7(13)5-9(6-8)17-2/h4-6,10H,3H2,1-2H3,(H2,14,18)(H,15,16). The molecular formula is C12H15FN2O2S. The Morgan fingerprint density at radius 3 is 2.72 bits per heavy atom. The van der Waals surface area contributed by atoms with E-state index in [1.165, 1.54) is 25.3 Å². The van der Waals surface area contributed by atoms with Gasteiger partial charge in [-0.05, 0) is 12.5 Å². The third-order valence-electron chi connectivity index (χ3n) is 2.44. The number of anilines is 1. The third-order valence-corrected chi connectivity index (χ3v) is 2.73. The molecule has 0 spiro atoms. The van der Waals surface area contributed by atoms with Gasteiger partial charge in [0.1, 0.15) is 11.6 Å². The second kappa shape index (κ2) is 6.30. The van der Waals surface area contributed by atoms with Crippen LogP contribution in [0, 0.1) is 11.7 Å². The zero-order chi connectivity index (χ0) is 13.7. The molecule has 0 saturated carbocycles. The summed E-state index contributed by atoms with van der Waals surface area (Å²) < 4.78 is 18.1. The van der Waals surface area contributed by atoms with E-state index in [0.717, 1.165) is 0 Å². The van der Waals surface area contributed by atoms with Crippen molar-refractivity contribution in [1.29, 1.82) is 0 Å². The van der Waals surface area contributed by atoms with Gasteiger partial charge in [0.15, 0.2) is 0 Å². The summed E-state index contributed by atoms with van der Waals surface area (Å²) in [7, 11) is 1.42. The van der Waals surface area contributed by atoms with Crippen LogP contribution in [0.2, 0.25) is 0 Å². The number of rotatable bonds is 5. The van der Waals surface area contributed by atoms with Crippen LogP contribution in [0.1, 0.15) is 13.3 Å². The molecule has 1 aromatic carbocycles. The molecule has 98 valence electrons. The molecule has 0 saturated heterocycles. The molecule has 18 heavy (non-hydrogen) atoms. The van der Waals surface area contributed by atoms with Crippen LogP contribution in [0.3, 0.4) is 0 Å². The van der Waals surface area contributed by atoms with Gasteiger partial charge in [-0.1, -0.05) is 19.1 Å². The number of amides is 1. The highest BCUT2D eigenvalue weighted by Gasteiger charge is 2.19. The van der Waals surface area contributed by atoms with Crippen molar-refractivity contribution < 1.29 is 13.9 Å². The molecule has 1 atom stereocenters. The lowest BCUT2D eigenvalue weighted by molar-refractivity contribution is -0.118. The van der Waals surface area contributed by atoms with Crippen molar-refractivity contribution in [2.24, 2.45) is 11.7 Å². The maximum atomic E-state index is 13.2. The van der Waals surface area contributed by atoms with Gasteiger partial charge in [-0.15, -0.1) is 0 Å². The fourth-order valence-electron chi connectivity index (χ4n) is 1.50. The number of carbonyl (C=O) groups is 1. The molecule has 3 N–H and O–H groups in total. The molecule has 1 amide bonds. The average molecular weight is 270 g/mol. The largest absolute Gasteiger partial charge is 0.497 e. The van der Waals surface area contributed by atoms with Gasteiger partial charge < -0.3 is 15.8 Å². The number of thiocarbonyl (C=S) groups is 1. The van der Waals surface area contributed by atoms with Crippen LogP contribution in [0.5, 0.6) is 5.75 Å². The highest BCUT2D eigenvalue weighted by molar-refractivity contribution is 7.80. The molecule has 0 aliphatic rings. The maximum absolute atomic E-state index is 13.2. The maximum Gasteiger partial charge on any atom is 0.234 e. The molecule has 0 heterocycles. The lowest BCUT2D eigenvalue weighted by Crippen LogP contribution is -2.32. The molecule has 0 aromatic heterocycles. The first-order chi connectivity index (χ1) is 8.47. The number of halogens is 1. The quantitative estimate of drug-likeness (QED) is 0.804. The van der Waals surface area contributed by atoms with E-state index in [-0.39, 0.29) is 10.9 Å². The normalized spacial score (nSPS) is 11.7. The first-order valence-corrected chi connectivity index (χ1v) is 5.83. The summed E-state index contributed by atoms with van der Waals surface area (Å²) in [6.07, 6.45) is 0.494. The molecule has 6 heteroatoms. The van der Waals surface area contributed by atoms with Gasteiger partial charge in [0.2, 0.25) is 5.91 Å². The van der Waals surface area contributed by atoms with Gasteiger partial charge in [-0.3, -0.25) is 4.79 Å². The number of methoxy groups -OCH3 is 1. The van der Waals surface area contributed by atoms with Crippen LogP contribution in [0.4, 0.5) is 10.1 Å². The molecule has 1 aromatic rings. The molecule has 0 fully saturated rings. The number of nitrogens with one attached hydrogen (secondary N) is 1. The molecule has 1 unspecified atom stereocenters. The van der Waals surface area contributed by atoms with Crippen molar-refractivity contribution in [3.63, 3.8) is 0 Å². The minimum atomic E-state index is -0.561. The Hall–Kier alpha value is -1.69. The summed E-state index contributed by atoms with van der Waals surface area (Å²) in [5.74, 6) is -1.08. The molecule has 4 nitrogen and oxygen atoms in total. The van der Waals surface area contributed by atoms with Crippen LogP contribution in [0.15, 0.2) is 18.2 Å². The first kappa shape index (κ1) is 14.4. The summed E-state index contributed by atoms with van der Waals surface area (Å²) in [6, 6.07) is 3.94. The average Bonchev–Trinajstić information content (AvgIpc) is 2.28. The summed E-state index contributed by atoms with van der Waals surface area (Å²) in [5, 5.41) is 2.56.